The van der Waals surface area contributed by atoms with E-state index in [9.17, 15) is 18.0 Å². The van der Waals surface area contributed by atoms with Crippen molar-refractivity contribution in [3.63, 3.8) is 0 Å². The van der Waals surface area contributed by atoms with Crippen LogP contribution in [0.2, 0.25) is 0 Å². The minimum absolute atomic E-state index is 0.0795. The molecule has 2 saturated heterocycles. The van der Waals surface area contributed by atoms with E-state index in [0.717, 1.165) is 12.8 Å². The second kappa shape index (κ2) is 9.85. The zero-order valence-electron chi connectivity index (χ0n) is 17.7. The number of likely N-dealkylation sites (tertiary alicyclic amines) is 1. The third kappa shape index (κ3) is 5.37. The van der Waals surface area contributed by atoms with Gasteiger partial charge in [-0.3, -0.25) is 9.59 Å². The van der Waals surface area contributed by atoms with Crippen LogP contribution in [0, 0.1) is 5.92 Å². The quantitative estimate of drug-likeness (QED) is 0.653. The number of hydrogen-bond acceptors (Lipinski definition) is 6. The summed E-state index contributed by atoms with van der Waals surface area (Å²) in [5.74, 6) is -0.221. The number of nitrogens with zero attached hydrogens (tertiary/aromatic N) is 1. The molecule has 2 aliphatic heterocycles. The summed E-state index contributed by atoms with van der Waals surface area (Å²) in [6.45, 7) is 1.87. The minimum Gasteiger partial charge on any atom is -0.459 e. The molecule has 2 aromatic rings. The Balaban J connectivity index is 1.27. The van der Waals surface area contributed by atoms with E-state index >= 15 is 0 Å². The summed E-state index contributed by atoms with van der Waals surface area (Å²) in [5, 5.41) is 2.84. The highest BCUT2D eigenvalue weighted by Crippen LogP contribution is 2.22. The molecule has 0 unspecified atom stereocenters. The predicted octanol–water partition coefficient (Wildman–Crippen LogP) is 2.23. The Morgan fingerprint density at radius 3 is 2.44 bits per heavy atom. The van der Waals surface area contributed by atoms with Gasteiger partial charge in [-0.05, 0) is 62.1 Å². The van der Waals surface area contributed by atoms with Crippen LogP contribution in [0.15, 0.2) is 52.0 Å². The fourth-order valence-corrected chi connectivity index (χ4v) is 5.02. The molecule has 0 aliphatic carbocycles. The van der Waals surface area contributed by atoms with Crippen molar-refractivity contribution in [2.24, 2.45) is 5.92 Å². The molecule has 0 spiro atoms. The molecule has 9 nitrogen and oxygen atoms in total. The molecule has 1 aromatic heterocycles. The lowest BCUT2D eigenvalue weighted by atomic mass is 9.95. The third-order valence-corrected chi connectivity index (χ3v) is 7.28. The molecule has 4 rings (SSSR count). The first-order chi connectivity index (χ1) is 15.4. The van der Waals surface area contributed by atoms with Gasteiger partial charge in [0.2, 0.25) is 15.9 Å². The summed E-state index contributed by atoms with van der Waals surface area (Å²) in [4.78, 5) is 26.8. The smallest absolute Gasteiger partial charge is 0.289 e. The average molecular weight is 462 g/mol. The third-order valence-electron chi connectivity index (χ3n) is 5.84. The van der Waals surface area contributed by atoms with Crippen molar-refractivity contribution >= 4 is 27.5 Å². The first-order valence-electron chi connectivity index (χ1n) is 10.8. The summed E-state index contributed by atoms with van der Waals surface area (Å²) >= 11 is 0. The van der Waals surface area contributed by atoms with Gasteiger partial charge in [0.1, 0.15) is 0 Å². The molecule has 10 heteroatoms. The van der Waals surface area contributed by atoms with Crippen LogP contribution in [0.25, 0.3) is 0 Å². The van der Waals surface area contributed by atoms with Gasteiger partial charge in [0.15, 0.2) is 5.76 Å². The SMILES string of the molecule is O=C(Nc1ccc(S(=O)(=O)NC[C@H]2CCCO2)cc1)C1CCN(C(=O)c2ccco2)CC1. The lowest BCUT2D eigenvalue weighted by Gasteiger charge is -2.30. The van der Waals surface area contributed by atoms with E-state index in [2.05, 4.69) is 10.0 Å². The zero-order valence-corrected chi connectivity index (χ0v) is 18.5. The maximum absolute atomic E-state index is 12.6. The predicted molar refractivity (Wildman–Crippen MR) is 117 cm³/mol. The van der Waals surface area contributed by atoms with E-state index in [1.807, 2.05) is 0 Å². The van der Waals surface area contributed by atoms with Crippen LogP contribution in [0.4, 0.5) is 5.69 Å². The Bertz CT molecular complexity index is 1020. The number of furan rings is 1. The number of nitrogens with one attached hydrogen (secondary N) is 2. The van der Waals surface area contributed by atoms with Gasteiger partial charge in [-0.15, -0.1) is 0 Å². The highest BCUT2D eigenvalue weighted by molar-refractivity contribution is 7.89. The van der Waals surface area contributed by atoms with Crippen LogP contribution in [-0.2, 0) is 19.6 Å². The number of rotatable bonds is 7. The molecule has 172 valence electrons. The minimum atomic E-state index is -3.63. The molecule has 1 aromatic carbocycles. The van der Waals surface area contributed by atoms with Crippen LogP contribution in [0.5, 0.6) is 0 Å². The van der Waals surface area contributed by atoms with Crippen molar-refractivity contribution < 1.29 is 27.2 Å². The second-order valence-corrected chi connectivity index (χ2v) is 9.81. The Morgan fingerprint density at radius 2 is 1.81 bits per heavy atom. The summed E-state index contributed by atoms with van der Waals surface area (Å²) < 4.78 is 38.1. The van der Waals surface area contributed by atoms with Crippen molar-refractivity contribution in [2.45, 2.75) is 36.7 Å². The summed E-state index contributed by atoms with van der Waals surface area (Å²) in [6.07, 6.45) is 4.28. The van der Waals surface area contributed by atoms with E-state index in [0.29, 0.717) is 44.0 Å². The molecule has 2 N–H and O–H groups in total. The topological polar surface area (TPSA) is 118 Å². The van der Waals surface area contributed by atoms with Gasteiger partial charge in [0, 0.05) is 37.8 Å². The molecule has 0 saturated carbocycles. The van der Waals surface area contributed by atoms with Gasteiger partial charge in [-0.25, -0.2) is 13.1 Å². The molecule has 2 aliphatic rings. The molecule has 2 fully saturated rings. The first kappa shape index (κ1) is 22.5. The monoisotopic (exact) mass is 461 g/mol. The number of ether oxygens (including phenoxy) is 1. The van der Waals surface area contributed by atoms with Gasteiger partial charge < -0.3 is 19.4 Å². The Hall–Kier alpha value is -2.69. The number of hydrogen-bond donors (Lipinski definition) is 2. The maximum Gasteiger partial charge on any atom is 0.289 e. The van der Waals surface area contributed by atoms with Gasteiger partial charge >= 0.3 is 0 Å². The number of benzene rings is 1. The first-order valence-corrected chi connectivity index (χ1v) is 12.3. The van der Waals surface area contributed by atoms with E-state index in [-0.39, 0.29) is 35.3 Å². The number of amides is 2. The lowest BCUT2D eigenvalue weighted by Crippen LogP contribution is -2.41. The normalized spacial score (nSPS) is 19.8. The molecule has 1 atom stereocenters. The molecular weight excluding hydrogens is 434 g/mol. The van der Waals surface area contributed by atoms with Crippen LogP contribution >= 0.6 is 0 Å². The van der Waals surface area contributed by atoms with Crippen LogP contribution in [0.3, 0.4) is 0 Å². The lowest BCUT2D eigenvalue weighted by molar-refractivity contribution is -0.121. The average Bonchev–Trinajstić information content (AvgIpc) is 3.52. The highest BCUT2D eigenvalue weighted by Gasteiger charge is 2.29. The number of carbonyl (C=O) groups is 2. The molecule has 0 bridgehead atoms. The van der Waals surface area contributed by atoms with Crippen molar-refractivity contribution in [2.75, 3.05) is 31.6 Å². The fraction of sp³-hybridized carbons (Fsp3) is 0.455. The van der Waals surface area contributed by atoms with Crippen LogP contribution in [0.1, 0.15) is 36.2 Å². The zero-order chi connectivity index (χ0) is 22.6. The molecular formula is C22H27N3O6S. The van der Waals surface area contributed by atoms with Crippen molar-refractivity contribution in [1.82, 2.24) is 9.62 Å². The van der Waals surface area contributed by atoms with Gasteiger partial charge in [-0.1, -0.05) is 0 Å². The molecule has 3 heterocycles. The van der Waals surface area contributed by atoms with Gasteiger partial charge in [0.05, 0.1) is 17.3 Å². The summed E-state index contributed by atoms with van der Waals surface area (Å²) in [7, 11) is -3.63. The van der Waals surface area contributed by atoms with Gasteiger partial charge in [0.25, 0.3) is 5.91 Å². The van der Waals surface area contributed by atoms with E-state index in [1.54, 1.807) is 29.2 Å². The van der Waals surface area contributed by atoms with Crippen molar-refractivity contribution in [3.8, 4) is 0 Å². The van der Waals surface area contributed by atoms with Crippen LogP contribution < -0.4 is 10.0 Å². The van der Waals surface area contributed by atoms with E-state index < -0.39 is 10.0 Å². The number of anilines is 1. The fourth-order valence-electron chi connectivity index (χ4n) is 3.95. The molecule has 0 radical (unpaired) electrons. The maximum atomic E-state index is 12.6. The Kier molecular flexibility index (Phi) is 6.92. The summed E-state index contributed by atoms with van der Waals surface area (Å²) in [6, 6.07) is 9.39. The second-order valence-electron chi connectivity index (χ2n) is 8.04. The molecule has 32 heavy (non-hydrogen) atoms. The highest BCUT2D eigenvalue weighted by atomic mass is 32.2. The molecule has 2 amide bonds. The number of sulfonamides is 1. The van der Waals surface area contributed by atoms with E-state index in [4.69, 9.17) is 9.15 Å². The Labute approximate surface area is 187 Å². The number of piperidine rings is 1. The van der Waals surface area contributed by atoms with Crippen molar-refractivity contribution in [1.29, 1.82) is 0 Å². The van der Waals surface area contributed by atoms with E-state index in [1.165, 1.54) is 18.4 Å². The standard InChI is InChI=1S/C22H27N3O6S/c26-21(16-9-11-25(12-10-16)22(27)20-4-2-14-31-20)24-17-5-7-19(8-6-17)32(28,29)23-15-18-3-1-13-30-18/h2,4-8,14,16,18,23H,1,3,9-13,15H2,(H,24,26)/t18-/m1/s1. The number of carbonyl (C=O) groups excluding carboxylic acids is 2. The summed E-state index contributed by atoms with van der Waals surface area (Å²) in [5.41, 5.74) is 0.530. The van der Waals surface area contributed by atoms with Crippen molar-refractivity contribution in [3.05, 3.63) is 48.4 Å². The van der Waals surface area contributed by atoms with Crippen LogP contribution in [-0.4, -0.2) is 57.5 Å². The van der Waals surface area contributed by atoms with Gasteiger partial charge in [-0.2, -0.15) is 0 Å². The Morgan fingerprint density at radius 1 is 1.06 bits per heavy atom. The largest absolute Gasteiger partial charge is 0.459 e.